The second-order valence-electron chi connectivity index (χ2n) is 8.94. The molecule has 0 nitrogen and oxygen atoms in total. The van der Waals surface area contributed by atoms with Gasteiger partial charge in [-0.1, -0.05) is 134 Å². The van der Waals surface area contributed by atoms with Gasteiger partial charge in [-0.25, -0.2) is 0 Å². The lowest BCUT2D eigenvalue weighted by Gasteiger charge is -2.19. The summed E-state index contributed by atoms with van der Waals surface area (Å²) in [6.45, 7) is 6.44. The van der Waals surface area contributed by atoms with Gasteiger partial charge in [0.15, 0.2) is 0 Å². The second-order valence-corrected chi connectivity index (χ2v) is 8.94. The first-order valence-corrected chi connectivity index (χ1v) is 12.1. The van der Waals surface area contributed by atoms with E-state index < -0.39 is 0 Å². The van der Waals surface area contributed by atoms with Crippen LogP contribution in [0.2, 0.25) is 0 Å². The summed E-state index contributed by atoms with van der Waals surface area (Å²) in [5, 5.41) is 9.78. The van der Waals surface area contributed by atoms with E-state index in [0.717, 1.165) is 5.22 Å². The maximum absolute atomic E-state index is 4.35. The third kappa shape index (κ3) is 3.47. The Kier molecular flexibility index (Phi) is 5.28. The SMILES string of the molecule is C=c1cccc/c1=C(/C=C\C)c1c2ccccc2c(-c2cccc3ccccc23)c2ccccc12. The average Bonchev–Trinajstić information content (AvgIpc) is 2.91. The van der Waals surface area contributed by atoms with Gasteiger partial charge < -0.3 is 0 Å². The lowest BCUT2D eigenvalue weighted by Crippen LogP contribution is -2.25. The number of hydrogen-bond donors (Lipinski definition) is 0. The molecule has 0 aliphatic heterocycles. The van der Waals surface area contributed by atoms with Crippen LogP contribution in [0.25, 0.3) is 55.6 Å². The molecule has 0 aliphatic carbocycles. The molecule has 35 heavy (non-hydrogen) atoms. The maximum Gasteiger partial charge on any atom is -0.00201 e. The number of fused-ring (bicyclic) bond motifs is 3. The Morgan fingerprint density at radius 3 is 1.77 bits per heavy atom. The largest absolute Gasteiger partial charge is 0.0911 e. The Bertz CT molecular complexity index is 1810. The monoisotopic (exact) mass is 446 g/mol. The van der Waals surface area contributed by atoms with E-state index in [2.05, 4.69) is 141 Å². The predicted molar refractivity (Wildman–Crippen MR) is 153 cm³/mol. The van der Waals surface area contributed by atoms with Gasteiger partial charge in [-0.2, -0.15) is 0 Å². The molecule has 0 atom stereocenters. The fourth-order valence-corrected chi connectivity index (χ4v) is 5.41. The molecular formula is C35H26. The molecule has 0 radical (unpaired) electrons. The summed E-state index contributed by atoms with van der Waals surface area (Å²) in [5.74, 6) is 0. The summed E-state index contributed by atoms with van der Waals surface area (Å²) >= 11 is 0. The van der Waals surface area contributed by atoms with E-state index in [1.165, 1.54) is 59.8 Å². The fourth-order valence-electron chi connectivity index (χ4n) is 5.41. The van der Waals surface area contributed by atoms with E-state index in [9.17, 15) is 0 Å². The van der Waals surface area contributed by atoms with Crippen LogP contribution in [-0.4, -0.2) is 0 Å². The van der Waals surface area contributed by atoms with Crippen LogP contribution in [0.1, 0.15) is 12.5 Å². The van der Waals surface area contributed by atoms with Gasteiger partial charge in [-0.3, -0.25) is 0 Å². The molecule has 166 valence electrons. The van der Waals surface area contributed by atoms with Gasteiger partial charge in [-0.15, -0.1) is 0 Å². The quantitative estimate of drug-likeness (QED) is 0.242. The zero-order chi connectivity index (χ0) is 23.8. The highest BCUT2D eigenvalue weighted by molar-refractivity contribution is 6.21. The van der Waals surface area contributed by atoms with E-state index in [4.69, 9.17) is 0 Å². The van der Waals surface area contributed by atoms with Gasteiger partial charge in [0, 0.05) is 0 Å². The molecule has 0 N–H and O–H groups in total. The first-order chi connectivity index (χ1) is 17.3. The standard InChI is InChI=1S/C35H26/c1-3-13-28(26-17-6-4-14-24(26)2)34-30-19-8-10-21-32(30)35(33-22-11-9-20-31(33)34)29-23-12-16-25-15-5-7-18-27(25)29/h3-23H,2H2,1H3/b13-3-,28-26+. The van der Waals surface area contributed by atoms with Crippen LogP contribution in [0.15, 0.2) is 127 Å². The molecule has 0 saturated carbocycles. The summed E-state index contributed by atoms with van der Waals surface area (Å²) in [5.41, 5.74) is 5.02. The Labute approximate surface area is 205 Å². The van der Waals surface area contributed by atoms with Crippen LogP contribution in [0.4, 0.5) is 0 Å². The first-order valence-electron chi connectivity index (χ1n) is 12.1. The van der Waals surface area contributed by atoms with E-state index in [-0.39, 0.29) is 0 Å². The molecule has 6 rings (SSSR count). The van der Waals surface area contributed by atoms with Gasteiger partial charge in [0.25, 0.3) is 0 Å². The average molecular weight is 447 g/mol. The Balaban J connectivity index is 1.87. The Hall–Kier alpha value is -4.42. The summed E-state index contributed by atoms with van der Waals surface area (Å²) < 4.78 is 0. The van der Waals surface area contributed by atoms with Gasteiger partial charge in [0.2, 0.25) is 0 Å². The number of rotatable bonds is 3. The predicted octanol–water partition coefficient (Wildman–Crippen LogP) is 8.00. The fraction of sp³-hybridized carbons (Fsp3) is 0.0286. The minimum atomic E-state index is 1.03. The molecule has 0 bridgehead atoms. The van der Waals surface area contributed by atoms with Gasteiger partial charge in [-0.05, 0) is 71.9 Å². The number of benzene rings is 6. The van der Waals surface area contributed by atoms with Crippen LogP contribution >= 0.6 is 0 Å². The van der Waals surface area contributed by atoms with Crippen LogP contribution in [0.3, 0.4) is 0 Å². The third-order valence-corrected chi connectivity index (χ3v) is 6.90. The molecule has 0 aromatic heterocycles. The van der Waals surface area contributed by atoms with Gasteiger partial charge in [0.1, 0.15) is 0 Å². The van der Waals surface area contributed by atoms with Crippen LogP contribution in [0, 0.1) is 0 Å². The number of hydrogen-bond acceptors (Lipinski definition) is 0. The minimum Gasteiger partial charge on any atom is -0.0911 e. The molecule has 6 aromatic carbocycles. The van der Waals surface area contributed by atoms with Crippen molar-refractivity contribution in [2.24, 2.45) is 0 Å². The molecule has 0 amide bonds. The van der Waals surface area contributed by atoms with Gasteiger partial charge >= 0.3 is 0 Å². The molecular weight excluding hydrogens is 420 g/mol. The van der Waals surface area contributed by atoms with Crippen LogP contribution in [0.5, 0.6) is 0 Å². The molecule has 0 heteroatoms. The Morgan fingerprint density at radius 2 is 1.11 bits per heavy atom. The van der Waals surface area contributed by atoms with E-state index in [1.54, 1.807) is 0 Å². The summed E-state index contributed by atoms with van der Waals surface area (Å²) in [7, 11) is 0. The zero-order valence-corrected chi connectivity index (χ0v) is 19.8. The topological polar surface area (TPSA) is 0 Å². The summed E-state index contributed by atoms with van der Waals surface area (Å²) in [6.07, 6.45) is 4.36. The summed E-state index contributed by atoms with van der Waals surface area (Å²) in [6, 6.07) is 41.4. The third-order valence-electron chi connectivity index (χ3n) is 6.90. The minimum absolute atomic E-state index is 1.03. The lowest BCUT2D eigenvalue weighted by molar-refractivity contribution is 1.50. The van der Waals surface area contributed by atoms with Crippen molar-refractivity contribution in [1.82, 2.24) is 0 Å². The highest BCUT2D eigenvalue weighted by Crippen LogP contribution is 2.43. The van der Waals surface area contributed by atoms with Crippen molar-refractivity contribution in [2.45, 2.75) is 6.92 Å². The molecule has 6 aromatic rings. The van der Waals surface area contributed by atoms with E-state index >= 15 is 0 Å². The lowest BCUT2D eigenvalue weighted by atomic mass is 9.84. The second kappa shape index (κ2) is 8.74. The highest BCUT2D eigenvalue weighted by atomic mass is 14.2. The normalized spacial score (nSPS) is 12.6. The van der Waals surface area contributed by atoms with Crippen molar-refractivity contribution in [2.75, 3.05) is 0 Å². The van der Waals surface area contributed by atoms with Crippen LogP contribution in [-0.2, 0) is 0 Å². The summed E-state index contributed by atoms with van der Waals surface area (Å²) in [4.78, 5) is 0. The van der Waals surface area contributed by atoms with Crippen molar-refractivity contribution in [3.63, 3.8) is 0 Å². The van der Waals surface area contributed by atoms with Crippen molar-refractivity contribution in [1.29, 1.82) is 0 Å². The molecule has 0 fully saturated rings. The highest BCUT2D eigenvalue weighted by Gasteiger charge is 2.18. The molecule has 0 aliphatic rings. The smallest absolute Gasteiger partial charge is 0.00201 e. The first kappa shape index (κ1) is 21.1. The van der Waals surface area contributed by atoms with E-state index in [1.807, 2.05) is 0 Å². The van der Waals surface area contributed by atoms with Crippen molar-refractivity contribution in [3.8, 4) is 11.1 Å². The molecule has 0 unspecified atom stereocenters. The Morgan fingerprint density at radius 1 is 0.571 bits per heavy atom. The van der Waals surface area contributed by atoms with Crippen molar-refractivity contribution < 1.29 is 0 Å². The van der Waals surface area contributed by atoms with Crippen LogP contribution < -0.4 is 10.4 Å². The molecule has 0 spiro atoms. The van der Waals surface area contributed by atoms with Gasteiger partial charge in [0.05, 0.1) is 0 Å². The van der Waals surface area contributed by atoms with Crippen molar-refractivity contribution >= 4 is 44.5 Å². The zero-order valence-electron chi connectivity index (χ0n) is 19.8. The number of allylic oxidation sites excluding steroid dienone is 2. The van der Waals surface area contributed by atoms with E-state index in [0.29, 0.717) is 0 Å². The molecule has 0 heterocycles. The van der Waals surface area contributed by atoms with Crippen molar-refractivity contribution in [3.05, 3.63) is 143 Å². The maximum atomic E-state index is 4.35. The molecule has 0 saturated heterocycles.